The second kappa shape index (κ2) is 6.53. The number of amides is 2. The molecule has 21 heavy (non-hydrogen) atoms. The van der Waals surface area contributed by atoms with Gasteiger partial charge in [-0.25, -0.2) is 9.18 Å². The molecule has 0 aliphatic carbocycles. The lowest BCUT2D eigenvalue weighted by Crippen LogP contribution is -2.51. The van der Waals surface area contributed by atoms with Crippen LogP contribution in [0.15, 0.2) is 18.2 Å². The molecule has 6 nitrogen and oxygen atoms in total. The number of carbonyl (C=O) groups excluding carboxylic acids is 1. The normalized spacial score (nSPS) is 15.8. The van der Waals surface area contributed by atoms with Crippen molar-refractivity contribution in [2.45, 2.75) is 6.92 Å². The van der Waals surface area contributed by atoms with Crippen molar-refractivity contribution in [3.8, 4) is 0 Å². The van der Waals surface area contributed by atoms with Crippen molar-refractivity contribution < 1.29 is 19.1 Å². The van der Waals surface area contributed by atoms with Gasteiger partial charge in [0.25, 0.3) is 0 Å². The monoisotopic (exact) mass is 295 g/mol. The summed E-state index contributed by atoms with van der Waals surface area (Å²) in [4.78, 5) is 26.1. The molecule has 7 heteroatoms. The van der Waals surface area contributed by atoms with Gasteiger partial charge in [-0.3, -0.25) is 9.69 Å². The maximum absolute atomic E-state index is 13.3. The van der Waals surface area contributed by atoms with E-state index in [1.54, 1.807) is 22.8 Å². The van der Waals surface area contributed by atoms with Gasteiger partial charge in [0.15, 0.2) is 0 Å². The van der Waals surface area contributed by atoms with E-state index in [0.717, 1.165) is 5.56 Å². The highest BCUT2D eigenvalue weighted by Gasteiger charge is 2.22. The van der Waals surface area contributed by atoms with Gasteiger partial charge in [0.1, 0.15) is 5.82 Å². The summed E-state index contributed by atoms with van der Waals surface area (Å²) in [5, 5.41) is 11.4. The van der Waals surface area contributed by atoms with Crippen molar-refractivity contribution >= 4 is 17.7 Å². The third-order valence-electron chi connectivity index (χ3n) is 3.31. The molecule has 1 heterocycles. The van der Waals surface area contributed by atoms with Gasteiger partial charge >= 0.3 is 12.0 Å². The van der Waals surface area contributed by atoms with Crippen LogP contribution in [-0.4, -0.2) is 59.6 Å². The first-order valence-corrected chi connectivity index (χ1v) is 6.71. The van der Waals surface area contributed by atoms with Crippen molar-refractivity contribution in [2.75, 3.05) is 38.0 Å². The lowest BCUT2D eigenvalue weighted by atomic mass is 10.2. The fraction of sp³-hybridized carbons (Fsp3) is 0.429. The number of anilines is 1. The Kier molecular flexibility index (Phi) is 4.74. The molecule has 1 fully saturated rings. The Hall–Kier alpha value is -2.15. The SMILES string of the molecule is Cc1cc(F)cc(NC(=O)N2CCN(CC(=O)O)CC2)c1. The summed E-state index contributed by atoms with van der Waals surface area (Å²) in [7, 11) is 0. The Morgan fingerprint density at radius 1 is 1.24 bits per heavy atom. The van der Waals surface area contributed by atoms with Crippen LogP contribution in [0, 0.1) is 12.7 Å². The molecule has 0 saturated carbocycles. The molecule has 1 aromatic carbocycles. The van der Waals surface area contributed by atoms with E-state index >= 15 is 0 Å². The molecule has 2 rings (SSSR count). The van der Waals surface area contributed by atoms with Gasteiger partial charge in [0, 0.05) is 31.9 Å². The van der Waals surface area contributed by atoms with Crippen LogP contribution in [0.25, 0.3) is 0 Å². The highest BCUT2D eigenvalue weighted by atomic mass is 19.1. The van der Waals surface area contributed by atoms with Crippen LogP contribution in [-0.2, 0) is 4.79 Å². The maximum atomic E-state index is 13.3. The van der Waals surface area contributed by atoms with E-state index in [-0.39, 0.29) is 12.6 Å². The van der Waals surface area contributed by atoms with Gasteiger partial charge < -0.3 is 15.3 Å². The lowest BCUT2D eigenvalue weighted by molar-refractivity contribution is -0.138. The van der Waals surface area contributed by atoms with Crippen molar-refractivity contribution in [1.82, 2.24) is 9.80 Å². The number of hydrogen-bond acceptors (Lipinski definition) is 3. The van der Waals surface area contributed by atoms with Crippen molar-refractivity contribution in [2.24, 2.45) is 0 Å². The quantitative estimate of drug-likeness (QED) is 0.883. The summed E-state index contributed by atoms with van der Waals surface area (Å²) >= 11 is 0. The summed E-state index contributed by atoms with van der Waals surface area (Å²) in [6.07, 6.45) is 0. The Labute approximate surface area is 122 Å². The summed E-state index contributed by atoms with van der Waals surface area (Å²) in [6, 6.07) is 4.06. The van der Waals surface area contributed by atoms with Gasteiger partial charge in [-0.2, -0.15) is 0 Å². The van der Waals surface area contributed by atoms with Gasteiger partial charge in [0.05, 0.1) is 6.54 Å². The molecule has 1 aliphatic heterocycles. The maximum Gasteiger partial charge on any atom is 0.321 e. The van der Waals surface area contributed by atoms with Crippen molar-refractivity contribution in [3.05, 3.63) is 29.6 Å². The van der Waals surface area contributed by atoms with Gasteiger partial charge in [-0.15, -0.1) is 0 Å². The molecule has 0 radical (unpaired) electrons. The highest BCUT2D eigenvalue weighted by molar-refractivity contribution is 5.89. The summed E-state index contributed by atoms with van der Waals surface area (Å²) in [6.45, 7) is 3.67. The number of carboxylic acids is 1. The number of nitrogens with one attached hydrogen (secondary N) is 1. The highest BCUT2D eigenvalue weighted by Crippen LogP contribution is 2.14. The molecule has 0 bridgehead atoms. The van der Waals surface area contributed by atoms with E-state index in [1.807, 2.05) is 0 Å². The zero-order chi connectivity index (χ0) is 15.4. The summed E-state index contributed by atoms with van der Waals surface area (Å²) in [5.74, 6) is -1.26. The summed E-state index contributed by atoms with van der Waals surface area (Å²) in [5.41, 5.74) is 1.15. The number of urea groups is 1. The molecule has 1 saturated heterocycles. The fourth-order valence-electron chi connectivity index (χ4n) is 2.31. The van der Waals surface area contributed by atoms with Crippen LogP contribution in [0.4, 0.5) is 14.9 Å². The van der Waals surface area contributed by atoms with Crippen molar-refractivity contribution in [1.29, 1.82) is 0 Å². The number of carboxylic acid groups (broad SMARTS) is 1. The molecule has 0 spiro atoms. The van der Waals surface area contributed by atoms with E-state index in [0.29, 0.717) is 31.9 Å². The average molecular weight is 295 g/mol. The Morgan fingerprint density at radius 2 is 1.90 bits per heavy atom. The van der Waals surface area contributed by atoms with Crippen LogP contribution in [0.2, 0.25) is 0 Å². The number of benzene rings is 1. The van der Waals surface area contributed by atoms with E-state index in [4.69, 9.17) is 5.11 Å². The lowest BCUT2D eigenvalue weighted by Gasteiger charge is -2.33. The number of aliphatic carboxylic acids is 1. The molecular weight excluding hydrogens is 277 g/mol. The molecule has 1 aromatic rings. The summed E-state index contributed by atoms with van der Waals surface area (Å²) < 4.78 is 13.3. The largest absolute Gasteiger partial charge is 0.480 e. The molecule has 0 unspecified atom stereocenters. The minimum atomic E-state index is -0.872. The zero-order valence-corrected chi connectivity index (χ0v) is 11.8. The van der Waals surface area contributed by atoms with E-state index in [2.05, 4.69) is 5.32 Å². The fourth-order valence-corrected chi connectivity index (χ4v) is 2.31. The third-order valence-corrected chi connectivity index (χ3v) is 3.31. The molecule has 0 aromatic heterocycles. The van der Waals surface area contributed by atoms with Crippen LogP contribution < -0.4 is 5.32 Å². The number of aryl methyl sites for hydroxylation is 1. The second-order valence-electron chi connectivity index (χ2n) is 5.10. The van der Waals surface area contributed by atoms with E-state index < -0.39 is 11.8 Å². The molecule has 0 atom stereocenters. The van der Waals surface area contributed by atoms with Crippen LogP contribution in [0.5, 0.6) is 0 Å². The van der Waals surface area contributed by atoms with Crippen LogP contribution in [0.3, 0.4) is 0 Å². The number of hydrogen-bond donors (Lipinski definition) is 2. The molecule has 2 amide bonds. The van der Waals surface area contributed by atoms with Gasteiger partial charge in [-0.05, 0) is 30.7 Å². The Morgan fingerprint density at radius 3 is 2.48 bits per heavy atom. The number of carbonyl (C=O) groups is 2. The third kappa shape index (κ3) is 4.42. The number of nitrogens with zero attached hydrogens (tertiary/aromatic N) is 2. The topological polar surface area (TPSA) is 72.9 Å². The molecule has 1 aliphatic rings. The number of piperazine rings is 1. The first-order chi connectivity index (χ1) is 9.94. The van der Waals surface area contributed by atoms with Gasteiger partial charge in [-0.1, -0.05) is 0 Å². The average Bonchev–Trinajstić information content (AvgIpc) is 2.37. The molecular formula is C14H18FN3O3. The number of halogens is 1. The first kappa shape index (κ1) is 15.2. The second-order valence-corrected chi connectivity index (χ2v) is 5.10. The van der Waals surface area contributed by atoms with E-state index in [1.165, 1.54) is 12.1 Å². The first-order valence-electron chi connectivity index (χ1n) is 6.71. The van der Waals surface area contributed by atoms with Crippen LogP contribution >= 0.6 is 0 Å². The predicted molar refractivity (Wildman–Crippen MR) is 75.8 cm³/mol. The minimum absolute atomic E-state index is 0.0153. The smallest absolute Gasteiger partial charge is 0.321 e. The van der Waals surface area contributed by atoms with Crippen molar-refractivity contribution in [3.63, 3.8) is 0 Å². The van der Waals surface area contributed by atoms with Crippen LogP contribution in [0.1, 0.15) is 5.56 Å². The molecule has 2 N–H and O–H groups in total. The zero-order valence-electron chi connectivity index (χ0n) is 11.8. The Balaban J connectivity index is 1.88. The Bertz CT molecular complexity index is 522. The standard InChI is InChI=1S/C14H18FN3O3/c1-10-6-11(15)8-12(7-10)16-14(21)18-4-2-17(3-5-18)9-13(19)20/h6-8H,2-5,9H2,1H3,(H,16,21)(H,19,20). The van der Waals surface area contributed by atoms with Gasteiger partial charge in [0.2, 0.25) is 0 Å². The number of rotatable bonds is 3. The minimum Gasteiger partial charge on any atom is -0.480 e. The molecule has 114 valence electrons. The van der Waals surface area contributed by atoms with E-state index in [9.17, 15) is 14.0 Å². The predicted octanol–water partition coefficient (Wildman–Crippen LogP) is 1.37.